The quantitative estimate of drug-likeness (QED) is 0.438. The van der Waals surface area contributed by atoms with Gasteiger partial charge in [-0.25, -0.2) is 23.1 Å². The third-order valence-electron chi connectivity index (χ3n) is 3.64. The first kappa shape index (κ1) is 20.2. The molecule has 0 aliphatic heterocycles. The first-order valence-corrected chi connectivity index (χ1v) is 10.1. The van der Waals surface area contributed by atoms with E-state index in [-0.39, 0.29) is 10.8 Å². The Bertz CT molecular complexity index is 1120. The van der Waals surface area contributed by atoms with Gasteiger partial charge < -0.3 is 16.4 Å². The van der Waals surface area contributed by atoms with E-state index >= 15 is 0 Å². The van der Waals surface area contributed by atoms with Crippen LogP contribution in [0.5, 0.6) is 0 Å². The van der Waals surface area contributed by atoms with Gasteiger partial charge in [-0.3, -0.25) is 4.79 Å². The zero-order chi connectivity index (χ0) is 20.9. The van der Waals surface area contributed by atoms with Gasteiger partial charge in [0.25, 0.3) is 10.0 Å². The number of amides is 1. The number of sulfonamides is 1. The molecular formula is C18H16N6O3S2. The minimum Gasteiger partial charge on any atom is -0.366 e. The highest BCUT2D eigenvalue weighted by Crippen LogP contribution is 2.17. The molecule has 11 heteroatoms. The van der Waals surface area contributed by atoms with Crippen molar-refractivity contribution in [2.75, 3.05) is 15.4 Å². The van der Waals surface area contributed by atoms with E-state index < -0.39 is 15.9 Å². The van der Waals surface area contributed by atoms with Crippen LogP contribution in [0.3, 0.4) is 0 Å². The number of rotatable bonds is 6. The molecule has 0 aliphatic carbocycles. The van der Waals surface area contributed by atoms with Crippen LogP contribution >= 0.6 is 12.2 Å². The Morgan fingerprint density at radius 2 is 1.41 bits per heavy atom. The molecule has 0 saturated heterocycles. The van der Waals surface area contributed by atoms with Crippen LogP contribution < -0.4 is 21.1 Å². The standard InChI is InChI=1S/C18H16N6O3S2/c19-16(25)12-2-4-13(5-3-12)22-18(28)23-14-6-8-15(9-7-14)29(26,27)24-17-20-10-1-11-21-17/h1-11H,(H2,19,25)(H,20,21,24)(H2,22,23,28). The third kappa shape index (κ3) is 5.46. The lowest BCUT2D eigenvalue weighted by Crippen LogP contribution is -2.19. The molecule has 29 heavy (non-hydrogen) atoms. The highest BCUT2D eigenvalue weighted by atomic mass is 32.2. The van der Waals surface area contributed by atoms with Gasteiger partial charge in [-0.15, -0.1) is 0 Å². The molecule has 0 saturated carbocycles. The number of benzene rings is 2. The van der Waals surface area contributed by atoms with E-state index in [9.17, 15) is 13.2 Å². The number of hydrogen-bond donors (Lipinski definition) is 4. The molecular weight excluding hydrogens is 412 g/mol. The average Bonchev–Trinajstić information content (AvgIpc) is 2.69. The summed E-state index contributed by atoms with van der Waals surface area (Å²) in [6.07, 6.45) is 2.88. The largest absolute Gasteiger partial charge is 0.366 e. The van der Waals surface area contributed by atoms with Crippen molar-refractivity contribution in [3.05, 3.63) is 72.6 Å². The number of nitrogens with two attached hydrogens (primary N) is 1. The van der Waals surface area contributed by atoms with Crippen LogP contribution in [0.1, 0.15) is 10.4 Å². The molecule has 0 atom stereocenters. The van der Waals surface area contributed by atoms with E-state index in [1.54, 1.807) is 42.5 Å². The highest BCUT2D eigenvalue weighted by Gasteiger charge is 2.15. The fourth-order valence-electron chi connectivity index (χ4n) is 2.26. The SMILES string of the molecule is NC(=O)c1ccc(NC(=S)Nc2ccc(S(=O)(=O)Nc3ncccn3)cc2)cc1. The average molecular weight is 428 g/mol. The van der Waals surface area contributed by atoms with Crippen molar-refractivity contribution in [3.8, 4) is 0 Å². The lowest BCUT2D eigenvalue weighted by Gasteiger charge is -2.12. The highest BCUT2D eigenvalue weighted by molar-refractivity contribution is 7.92. The molecule has 0 spiro atoms. The van der Waals surface area contributed by atoms with Crippen molar-refractivity contribution in [1.29, 1.82) is 0 Å². The summed E-state index contributed by atoms with van der Waals surface area (Å²) in [5, 5.41) is 6.19. The number of anilines is 3. The van der Waals surface area contributed by atoms with E-state index in [1.165, 1.54) is 24.5 Å². The maximum absolute atomic E-state index is 12.4. The van der Waals surface area contributed by atoms with Crippen LogP contribution in [0.25, 0.3) is 0 Å². The number of aromatic nitrogens is 2. The zero-order valence-corrected chi connectivity index (χ0v) is 16.5. The molecule has 0 fully saturated rings. The zero-order valence-electron chi connectivity index (χ0n) is 14.9. The normalized spacial score (nSPS) is 10.8. The van der Waals surface area contributed by atoms with Crippen LogP contribution in [0, 0.1) is 0 Å². The fourth-order valence-corrected chi connectivity index (χ4v) is 3.45. The molecule has 0 bridgehead atoms. The lowest BCUT2D eigenvalue weighted by molar-refractivity contribution is 0.100. The number of primary amides is 1. The molecule has 0 aliphatic rings. The number of nitrogens with one attached hydrogen (secondary N) is 3. The van der Waals surface area contributed by atoms with Gasteiger partial charge >= 0.3 is 0 Å². The van der Waals surface area contributed by atoms with Crippen LogP contribution in [-0.4, -0.2) is 29.4 Å². The van der Waals surface area contributed by atoms with Crippen molar-refractivity contribution < 1.29 is 13.2 Å². The van der Waals surface area contributed by atoms with E-state index in [0.29, 0.717) is 22.1 Å². The monoisotopic (exact) mass is 428 g/mol. The van der Waals surface area contributed by atoms with Gasteiger partial charge in [-0.2, -0.15) is 0 Å². The second-order valence-corrected chi connectivity index (χ2v) is 7.81. The predicted octanol–water partition coefficient (Wildman–Crippen LogP) is 2.19. The summed E-state index contributed by atoms with van der Waals surface area (Å²) in [6, 6.07) is 14.1. The minimum atomic E-state index is -3.81. The second-order valence-electron chi connectivity index (χ2n) is 5.72. The first-order chi connectivity index (χ1) is 13.8. The summed E-state index contributed by atoms with van der Waals surface area (Å²) >= 11 is 5.23. The second kappa shape index (κ2) is 8.63. The smallest absolute Gasteiger partial charge is 0.264 e. The maximum Gasteiger partial charge on any atom is 0.264 e. The van der Waals surface area contributed by atoms with E-state index in [4.69, 9.17) is 18.0 Å². The molecule has 5 N–H and O–H groups in total. The Labute approximate surface area is 172 Å². The van der Waals surface area contributed by atoms with E-state index in [2.05, 4.69) is 25.3 Å². The lowest BCUT2D eigenvalue weighted by atomic mass is 10.2. The summed E-state index contributed by atoms with van der Waals surface area (Å²) in [6.45, 7) is 0. The molecule has 3 rings (SSSR count). The topological polar surface area (TPSA) is 139 Å². The van der Waals surface area contributed by atoms with Gasteiger partial charge in [-0.05, 0) is 66.8 Å². The Balaban J connectivity index is 1.62. The van der Waals surface area contributed by atoms with E-state index in [1.807, 2.05) is 0 Å². The van der Waals surface area contributed by atoms with Gasteiger partial charge in [0.1, 0.15) is 0 Å². The molecule has 0 unspecified atom stereocenters. The van der Waals surface area contributed by atoms with Crippen LogP contribution in [-0.2, 0) is 10.0 Å². The Morgan fingerprint density at radius 1 is 0.897 bits per heavy atom. The first-order valence-electron chi connectivity index (χ1n) is 8.21. The molecule has 0 radical (unpaired) electrons. The number of nitrogens with zero attached hydrogens (tertiary/aromatic N) is 2. The Hall–Kier alpha value is -3.57. The summed E-state index contributed by atoms with van der Waals surface area (Å²) in [4.78, 5) is 18.8. The van der Waals surface area contributed by atoms with Gasteiger partial charge in [0.05, 0.1) is 4.90 Å². The molecule has 2 aromatic carbocycles. The molecule has 1 heterocycles. The maximum atomic E-state index is 12.4. The van der Waals surface area contributed by atoms with Crippen molar-refractivity contribution in [1.82, 2.24) is 9.97 Å². The van der Waals surface area contributed by atoms with Gasteiger partial charge in [0.2, 0.25) is 11.9 Å². The van der Waals surface area contributed by atoms with Crippen molar-refractivity contribution in [3.63, 3.8) is 0 Å². The van der Waals surface area contributed by atoms with Crippen LogP contribution in [0.15, 0.2) is 71.9 Å². The Kier molecular flexibility index (Phi) is 6.00. The fraction of sp³-hybridized carbons (Fsp3) is 0. The van der Waals surface area contributed by atoms with Gasteiger partial charge in [0, 0.05) is 29.3 Å². The summed E-state index contributed by atoms with van der Waals surface area (Å²) in [5.74, 6) is -0.525. The third-order valence-corrected chi connectivity index (χ3v) is 5.19. The van der Waals surface area contributed by atoms with Crippen LogP contribution in [0.2, 0.25) is 0 Å². The summed E-state index contributed by atoms with van der Waals surface area (Å²) < 4.78 is 27.0. The molecule has 9 nitrogen and oxygen atoms in total. The summed E-state index contributed by atoms with van der Waals surface area (Å²) in [7, 11) is -3.81. The molecule has 1 aromatic heterocycles. The van der Waals surface area contributed by atoms with Crippen molar-refractivity contribution in [2.45, 2.75) is 4.90 Å². The van der Waals surface area contributed by atoms with Gasteiger partial charge in [-0.1, -0.05) is 0 Å². The summed E-state index contributed by atoms with van der Waals surface area (Å²) in [5.41, 5.74) is 6.85. The number of hydrogen-bond acceptors (Lipinski definition) is 6. The van der Waals surface area contributed by atoms with E-state index in [0.717, 1.165) is 0 Å². The minimum absolute atomic E-state index is 0.0116. The van der Waals surface area contributed by atoms with Crippen molar-refractivity contribution in [2.24, 2.45) is 5.73 Å². The predicted molar refractivity (Wildman–Crippen MR) is 114 cm³/mol. The molecule has 3 aromatic rings. The number of carbonyl (C=O) groups is 1. The number of thiocarbonyl (C=S) groups is 1. The molecule has 148 valence electrons. The van der Waals surface area contributed by atoms with Gasteiger partial charge in [0.15, 0.2) is 5.11 Å². The molecule has 1 amide bonds. The Morgan fingerprint density at radius 3 is 1.93 bits per heavy atom. The number of carbonyl (C=O) groups excluding carboxylic acids is 1. The van der Waals surface area contributed by atoms with Crippen LogP contribution in [0.4, 0.5) is 17.3 Å². The van der Waals surface area contributed by atoms with Crippen molar-refractivity contribution >= 4 is 50.6 Å².